The number of hydrogen-bond donors (Lipinski definition) is 3. The van der Waals surface area contributed by atoms with Gasteiger partial charge in [-0.2, -0.15) is 0 Å². The monoisotopic (exact) mass is 285 g/mol. The molecule has 0 saturated heterocycles. The summed E-state index contributed by atoms with van der Waals surface area (Å²) < 4.78 is 4.28. The lowest BCUT2D eigenvalue weighted by Gasteiger charge is -2.03. The first kappa shape index (κ1) is 18.6. The Kier molecular flexibility index (Phi) is 10.6. The number of rotatable bonds is 8. The Bertz CT molecular complexity index is 366. The molecule has 1 heterocycles. The molecule has 0 aromatic carbocycles. The molecule has 0 unspecified atom stereocenters. The molecule has 0 fully saturated rings. The van der Waals surface area contributed by atoms with Crippen molar-refractivity contribution in [2.75, 3.05) is 6.54 Å². The highest BCUT2D eigenvalue weighted by Crippen LogP contribution is 1.97. The Labute approximate surface area is 121 Å². The van der Waals surface area contributed by atoms with Crippen LogP contribution in [-0.4, -0.2) is 28.2 Å². The lowest BCUT2D eigenvalue weighted by atomic mass is 10.1. The number of carbonyl (C=O) groups is 1. The number of aryl methyl sites for hydroxylation is 2. The van der Waals surface area contributed by atoms with Crippen LogP contribution < -0.4 is 16.0 Å². The molecule has 0 saturated carbocycles. The zero-order chi connectivity index (χ0) is 15.4. The normalized spacial score (nSPS) is 11.6. The predicted molar refractivity (Wildman–Crippen MR) is 79.0 cm³/mol. The van der Waals surface area contributed by atoms with E-state index in [-0.39, 0.29) is 0 Å². The highest BCUT2D eigenvalue weighted by Gasteiger charge is 2.09. The van der Waals surface area contributed by atoms with Crippen LogP contribution in [0.25, 0.3) is 0 Å². The van der Waals surface area contributed by atoms with Crippen molar-refractivity contribution in [1.29, 1.82) is 0 Å². The van der Waals surface area contributed by atoms with Crippen molar-refractivity contribution in [3.8, 4) is 0 Å². The van der Waals surface area contributed by atoms with Crippen molar-refractivity contribution in [2.45, 2.75) is 51.6 Å². The fraction of sp³-hybridized carbons (Fsp3) is 0.714. The Morgan fingerprint density at radius 2 is 2.10 bits per heavy atom. The first-order chi connectivity index (χ1) is 9.51. The zero-order valence-corrected chi connectivity index (χ0v) is 12.7. The molecule has 1 aromatic rings. The van der Waals surface area contributed by atoms with Gasteiger partial charge in [-0.3, -0.25) is 4.79 Å². The van der Waals surface area contributed by atoms with Gasteiger partial charge in [0.2, 0.25) is 6.33 Å². The lowest BCUT2D eigenvalue weighted by Crippen LogP contribution is -2.29. The Hall–Kier alpha value is -1.40. The highest BCUT2D eigenvalue weighted by molar-refractivity contribution is 5.72. The Balaban J connectivity index is 0.000000361. The average Bonchev–Trinajstić information content (AvgIpc) is 2.83. The molecule has 0 radical (unpaired) electrons. The van der Waals surface area contributed by atoms with Crippen LogP contribution in [-0.2, 0) is 18.4 Å². The molecule has 1 atom stereocenters. The predicted octanol–water partition coefficient (Wildman–Crippen LogP) is 0.640. The van der Waals surface area contributed by atoms with Crippen molar-refractivity contribution in [3.05, 3.63) is 18.7 Å². The molecule has 5 N–H and O–H groups in total. The summed E-state index contributed by atoms with van der Waals surface area (Å²) in [5, 5.41) is 8.33. The van der Waals surface area contributed by atoms with Crippen LogP contribution in [0.5, 0.6) is 0 Å². The molecule has 0 aliphatic carbocycles. The van der Waals surface area contributed by atoms with E-state index >= 15 is 0 Å². The SMILES string of the molecule is CCCCn1cc[n+](C)c1.NCCCC[C@H](N)C(=O)O. The number of carboxylic acid groups (broad SMARTS) is 1. The fourth-order valence-electron chi connectivity index (χ4n) is 1.61. The third-order valence-corrected chi connectivity index (χ3v) is 2.88. The largest absolute Gasteiger partial charge is 0.480 e. The van der Waals surface area contributed by atoms with E-state index < -0.39 is 12.0 Å². The van der Waals surface area contributed by atoms with E-state index in [0.717, 1.165) is 19.4 Å². The minimum atomic E-state index is -0.933. The Morgan fingerprint density at radius 3 is 2.55 bits per heavy atom. The van der Waals surface area contributed by atoms with Crippen LogP contribution in [0, 0.1) is 0 Å². The molecule has 0 spiro atoms. The second-order valence-electron chi connectivity index (χ2n) is 4.90. The van der Waals surface area contributed by atoms with Gasteiger partial charge in [0.25, 0.3) is 0 Å². The van der Waals surface area contributed by atoms with Crippen LogP contribution in [0.3, 0.4) is 0 Å². The smallest absolute Gasteiger partial charge is 0.320 e. The standard InChI is InChI=1S/C8H15N2.C6H14N2O2/c1-3-4-5-10-7-6-9(2)8-10;7-4-2-1-3-5(8)6(9)10/h6-8H,3-5H2,1-2H3;5H,1-4,7-8H2,(H,9,10)/q+1;/t;5-/m.0/s1. The highest BCUT2D eigenvalue weighted by atomic mass is 16.4. The maximum atomic E-state index is 10.1. The number of aliphatic carboxylic acids is 1. The second-order valence-corrected chi connectivity index (χ2v) is 4.90. The van der Waals surface area contributed by atoms with Gasteiger partial charge in [0.15, 0.2) is 0 Å². The molecular weight excluding hydrogens is 256 g/mol. The number of aromatic nitrogens is 2. The third kappa shape index (κ3) is 9.52. The van der Waals surface area contributed by atoms with Crippen LogP contribution >= 0.6 is 0 Å². The molecule has 0 aliphatic heterocycles. The minimum Gasteiger partial charge on any atom is -0.480 e. The average molecular weight is 285 g/mol. The number of nitrogens with zero attached hydrogens (tertiary/aromatic N) is 2. The number of nitrogens with two attached hydrogens (primary N) is 2. The second kappa shape index (κ2) is 11.4. The Morgan fingerprint density at radius 1 is 1.40 bits per heavy atom. The topological polar surface area (TPSA) is 98.1 Å². The summed E-state index contributed by atoms with van der Waals surface area (Å²) in [4.78, 5) is 10.1. The van der Waals surface area contributed by atoms with Crippen molar-refractivity contribution in [3.63, 3.8) is 0 Å². The van der Waals surface area contributed by atoms with Crippen LogP contribution in [0.1, 0.15) is 39.0 Å². The maximum Gasteiger partial charge on any atom is 0.320 e. The number of unbranched alkanes of at least 4 members (excludes halogenated alkanes) is 2. The van der Waals surface area contributed by atoms with E-state index in [1.54, 1.807) is 0 Å². The minimum absolute atomic E-state index is 0.520. The summed E-state index contributed by atoms with van der Waals surface area (Å²) in [6, 6.07) is -0.716. The number of imidazole rings is 1. The van der Waals surface area contributed by atoms with Crippen molar-refractivity contribution in [2.24, 2.45) is 18.5 Å². The van der Waals surface area contributed by atoms with Gasteiger partial charge in [0.05, 0.1) is 13.6 Å². The summed E-state index contributed by atoms with van der Waals surface area (Å²) in [6.07, 6.45) is 11.0. The first-order valence-electron chi connectivity index (χ1n) is 7.20. The van der Waals surface area contributed by atoms with Gasteiger partial charge >= 0.3 is 5.97 Å². The molecule has 116 valence electrons. The van der Waals surface area contributed by atoms with E-state index in [0.29, 0.717) is 13.0 Å². The number of hydrogen-bond acceptors (Lipinski definition) is 3. The van der Waals surface area contributed by atoms with Gasteiger partial charge in [0.1, 0.15) is 18.4 Å². The van der Waals surface area contributed by atoms with E-state index in [1.165, 1.54) is 12.8 Å². The molecule has 1 rings (SSSR count). The summed E-state index contributed by atoms with van der Waals surface area (Å²) in [7, 11) is 2.04. The molecule has 1 aromatic heterocycles. The van der Waals surface area contributed by atoms with Crippen LogP contribution in [0.2, 0.25) is 0 Å². The quantitative estimate of drug-likeness (QED) is 0.482. The number of carboxylic acids is 1. The molecule has 6 heteroatoms. The third-order valence-electron chi connectivity index (χ3n) is 2.88. The van der Waals surface area contributed by atoms with Gasteiger partial charge in [-0.05, 0) is 25.8 Å². The van der Waals surface area contributed by atoms with Gasteiger partial charge in [0, 0.05) is 0 Å². The van der Waals surface area contributed by atoms with Gasteiger partial charge in [-0.1, -0.05) is 19.8 Å². The van der Waals surface area contributed by atoms with E-state index in [1.807, 2.05) is 7.05 Å². The lowest BCUT2D eigenvalue weighted by molar-refractivity contribution is -0.671. The molecular formula is C14H29N4O2+. The molecule has 0 amide bonds. The zero-order valence-electron chi connectivity index (χ0n) is 12.7. The van der Waals surface area contributed by atoms with Gasteiger partial charge in [-0.15, -0.1) is 0 Å². The van der Waals surface area contributed by atoms with E-state index in [2.05, 4.69) is 34.8 Å². The van der Waals surface area contributed by atoms with Gasteiger partial charge < -0.3 is 16.6 Å². The van der Waals surface area contributed by atoms with Gasteiger partial charge in [-0.25, -0.2) is 9.13 Å². The van der Waals surface area contributed by atoms with Crippen LogP contribution in [0.15, 0.2) is 18.7 Å². The molecule has 0 aliphatic rings. The molecule has 20 heavy (non-hydrogen) atoms. The summed E-state index contributed by atoms with van der Waals surface area (Å²) in [5.74, 6) is -0.933. The summed E-state index contributed by atoms with van der Waals surface area (Å²) in [5.41, 5.74) is 10.4. The molecule has 6 nitrogen and oxygen atoms in total. The summed E-state index contributed by atoms with van der Waals surface area (Å²) >= 11 is 0. The van der Waals surface area contributed by atoms with Crippen molar-refractivity contribution in [1.82, 2.24) is 4.57 Å². The van der Waals surface area contributed by atoms with E-state index in [4.69, 9.17) is 16.6 Å². The maximum absolute atomic E-state index is 10.1. The van der Waals surface area contributed by atoms with Crippen LogP contribution in [0.4, 0.5) is 0 Å². The van der Waals surface area contributed by atoms with E-state index in [9.17, 15) is 4.79 Å². The molecule has 0 bridgehead atoms. The first-order valence-corrected chi connectivity index (χ1v) is 7.20. The fourth-order valence-corrected chi connectivity index (χ4v) is 1.61. The van der Waals surface area contributed by atoms with Crippen molar-refractivity contribution < 1.29 is 14.5 Å². The van der Waals surface area contributed by atoms with Crippen molar-refractivity contribution >= 4 is 5.97 Å². The summed E-state index contributed by atoms with van der Waals surface area (Å²) in [6.45, 7) is 3.97.